The summed E-state index contributed by atoms with van der Waals surface area (Å²) in [6, 6.07) is 12.7. The second-order valence-corrected chi connectivity index (χ2v) is 7.09. The lowest BCUT2D eigenvalue weighted by Gasteiger charge is -2.20. The molecule has 28 heavy (non-hydrogen) atoms. The van der Waals surface area contributed by atoms with Gasteiger partial charge >= 0.3 is 12.1 Å². The molecule has 6 nitrogen and oxygen atoms in total. The van der Waals surface area contributed by atoms with Gasteiger partial charge in [0.15, 0.2) is 0 Å². The van der Waals surface area contributed by atoms with E-state index in [2.05, 4.69) is 17.2 Å². The van der Waals surface area contributed by atoms with Gasteiger partial charge in [-0.2, -0.15) is 0 Å². The number of ether oxygens (including phenoxy) is 2. The Morgan fingerprint density at radius 3 is 2.39 bits per heavy atom. The van der Waals surface area contributed by atoms with Crippen LogP contribution in [0.4, 0.5) is 16.2 Å². The molecule has 0 aliphatic heterocycles. The molecule has 0 heterocycles. The van der Waals surface area contributed by atoms with Gasteiger partial charge in [-0.1, -0.05) is 30.0 Å². The second kappa shape index (κ2) is 8.96. The van der Waals surface area contributed by atoms with Crippen LogP contribution in [0.25, 0.3) is 0 Å². The van der Waals surface area contributed by atoms with Gasteiger partial charge in [0.25, 0.3) is 0 Å². The summed E-state index contributed by atoms with van der Waals surface area (Å²) in [5.74, 6) is 5.66. The molecule has 0 spiro atoms. The Morgan fingerprint density at radius 2 is 1.79 bits per heavy atom. The van der Waals surface area contributed by atoms with Crippen molar-refractivity contribution in [2.45, 2.75) is 32.8 Å². The van der Waals surface area contributed by atoms with Crippen molar-refractivity contribution in [3.8, 4) is 11.8 Å². The summed E-state index contributed by atoms with van der Waals surface area (Å²) in [5, 5.41) is 2.61. The second-order valence-electron chi connectivity index (χ2n) is 7.09. The molecule has 0 bridgehead atoms. The van der Waals surface area contributed by atoms with E-state index in [1.807, 2.05) is 30.3 Å². The molecule has 3 N–H and O–H groups in total. The Balaban J connectivity index is 2.37. The number of methoxy groups -OCH3 is 1. The topological polar surface area (TPSA) is 90.6 Å². The Hall–Kier alpha value is -3.46. The van der Waals surface area contributed by atoms with Gasteiger partial charge in [-0.3, -0.25) is 10.1 Å². The molecule has 0 aliphatic rings. The minimum Gasteiger partial charge on any atom is -0.469 e. The fraction of sp³-hybridized carbons (Fsp3) is 0.273. The summed E-state index contributed by atoms with van der Waals surface area (Å²) in [7, 11) is 1.31. The van der Waals surface area contributed by atoms with Crippen LogP contribution < -0.4 is 11.1 Å². The molecular weight excluding hydrogens is 356 g/mol. The van der Waals surface area contributed by atoms with Crippen LogP contribution in [0.2, 0.25) is 0 Å². The number of hydrogen-bond donors (Lipinski definition) is 2. The highest BCUT2D eigenvalue weighted by Gasteiger charge is 2.18. The zero-order valence-corrected chi connectivity index (χ0v) is 16.5. The third-order valence-electron chi connectivity index (χ3n) is 3.59. The fourth-order valence-corrected chi connectivity index (χ4v) is 2.33. The Morgan fingerprint density at radius 1 is 1.11 bits per heavy atom. The van der Waals surface area contributed by atoms with Gasteiger partial charge in [0.2, 0.25) is 0 Å². The van der Waals surface area contributed by atoms with E-state index in [9.17, 15) is 9.59 Å². The summed E-state index contributed by atoms with van der Waals surface area (Å²) in [4.78, 5) is 23.9. The predicted molar refractivity (Wildman–Crippen MR) is 109 cm³/mol. The number of nitrogens with one attached hydrogen (secondary N) is 1. The Kier molecular flexibility index (Phi) is 6.67. The predicted octanol–water partition coefficient (Wildman–Crippen LogP) is 3.73. The molecule has 2 aromatic carbocycles. The minimum absolute atomic E-state index is 0.00141. The number of rotatable bonds is 3. The molecule has 0 saturated carbocycles. The molecule has 0 saturated heterocycles. The number of benzene rings is 2. The average molecular weight is 380 g/mol. The van der Waals surface area contributed by atoms with Crippen molar-refractivity contribution >= 4 is 23.4 Å². The van der Waals surface area contributed by atoms with E-state index in [-0.39, 0.29) is 6.42 Å². The maximum absolute atomic E-state index is 12.1. The van der Waals surface area contributed by atoms with Gasteiger partial charge < -0.3 is 15.2 Å². The normalized spacial score (nSPS) is 10.4. The van der Waals surface area contributed by atoms with Crippen molar-refractivity contribution in [1.29, 1.82) is 0 Å². The van der Waals surface area contributed by atoms with Crippen LogP contribution in [0.5, 0.6) is 0 Å². The van der Waals surface area contributed by atoms with Crippen molar-refractivity contribution in [2.75, 3.05) is 18.2 Å². The Bertz CT molecular complexity index is 919. The maximum atomic E-state index is 12.1. The molecular formula is C22H24N2O4. The highest BCUT2D eigenvalue weighted by Crippen LogP contribution is 2.25. The number of esters is 1. The van der Waals surface area contributed by atoms with Crippen LogP contribution in [-0.2, 0) is 20.7 Å². The smallest absolute Gasteiger partial charge is 0.412 e. The monoisotopic (exact) mass is 380 g/mol. The number of nitrogens with two attached hydrogens (primary N) is 1. The molecule has 0 aromatic heterocycles. The van der Waals surface area contributed by atoms with Crippen LogP contribution in [0, 0.1) is 11.8 Å². The SMILES string of the molecule is COC(=O)Cc1cc(NC(=O)OC(C)(C)C)c(N)cc1C#Cc1ccccc1. The Labute approximate surface area is 165 Å². The lowest BCUT2D eigenvalue weighted by Crippen LogP contribution is -2.27. The van der Waals surface area contributed by atoms with E-state index in [1.54, 1.807) is 32.9 Å². The van der Waals surface area contributed by atoms with Crippen LogP contribution in [0.15, 0.2) is 42.5 Å². The van der Waals surface area contributed by atoms with Crippen molar-refractivity contribution in [3.05, 3.63) is 59.2 Å². The van der Waals surface area contributed by atoms with Crippen LogP contribution in [0.3, 0.4) is 0 Å². The summed E-state index contributed by atoms with van der Waals surface area (Å²) < 4.78 is 10.0. The van der Waals surface area contributed by atoms with E-state index in [0.29, 0.717) is 22.5 Å². The van der Waals surface area contributed by atoms with Gasteiger partial charge in [0.1, 0.15) is 5.60 Å². The summed E-state index contributed by atoms with van der Waals surface area (Å²) in [5.41, 5.74) is 8.11. The first kappa shape index (κ1) is 20.8. The van der Waals surface area contributed by atoms with E-state index >= 15 is 0 Å². The van der Waals surface area contributed by atoms with Gasteiger partial charge in [0.05, 0.1) is 24.9 Å². The molecule has 0 fully saturated rings. The number of anilines is 2. The van der Waals surface area contributed by atoms with Gasteiger partial charge in [-0.05, 0) is 50.6 Å². The molecule has 0 unspecified atom stereocenters. The summed E-state index contributed by atoms with van der Waals surface area (Å²) in [6.45, 7) is 5.29. The van der Waals surface area contributed by atoms with Crippen LogP contribution in [0.1, 0.15) is 37.5 Å². The molecule has 1 amide bonds. The van der Waals surface area contributed by atoms with Crippen molar-refractivity contribution in [2.24, 2.45) is 0 Å². The fourth-order valence-electron chi connectivity index (χ4n) is 2.33. The van der Waals surface area contributed by atoms with E-state index in [1.165, 1.54) is 7.11 Å². The quantitative estimate of drug-likeness (QED) is 0.481. The molecule has 2 rings (SSSR count). The summed E-state index contributed by atoms with van der Waals surface area (Å²) >= 11 is 0. The highest BCUT2D eigenvalue weighted by atomic mass is 16.6. The third kappa shape index (κ3) is 6.36. The van der Waals surface area contributed by atoms with Crippen molar-refractivity contribution < 1.29 is 19.1 Å². The highest BCUT2D eigenvalue weighted by molar-refractivity contribution is 5.90. The zero-order valence-electron chi connectivity index (χ0n) is 16.5. The number of nitrogen functional groups attached to an aromatic ring is 1. The van der Waals surface area contributed by atoms with Gasteiger partial charge in [0, 0.05) is 11.1 Å². The maximum Gasteiger partial charge on any atom is 0.412 e. The van der Waals surface area contributed by atoms with Crippen LogP contribution >= 0.6 is 0 Å². The average Bonchev–Trinajstić information content (AvgIpc) is 2.62. The van der Waals surface area contributed by atoms with Crippen LogP contribution in [-0.4, -0.2) is 24.8 Å². The number of hydrogen-bond acceptors (Lipinski definition) is 5. The molecule has 0 atom stereocenters. The first-order valence-electron chi connectivity index (χ1n) is 8.74. The first-order valence-corrected chi connectivity index (χ1v) is 8.74. The van der Waals surface area contributed by atoms with Crippen molar-refractivity contribution in [3.63, 3.8) is 0 Å². The molecule has 2 aromatic rings. The number of amides is 1. The lowest BCUT2D eigenvalue weighted by atomic mass is 10.0. The minimum atomic E-state index is -0.644. The number of carbonyl (C=O) groups is 2. The molecule has 146 valence electrons. The third-order valence-corrected chi connectivity index (χ3v) is 3.59. The first-order chi connectivity index (χ1) is 13.2. The van der Waals surface area contributed by atoms with Gasteiger partial charge in [-0.25, -0.2) is 4.79 Å². The lowest BCUT2D eigenvalue weighted by molar-refractivity contribution is -0.139. The van der Waals surface area contributed by atoms with Gasteiger partial charge in [-0.15, -0.1) is 0 Å². The van der Waals surface area contributed by atoms with E-state index in [0.717, 1.165) is 5.56 Å². The standard InChI is InChI=1S/C22H24N2O4/c1-22(2,3)28-21(26)24-19-13-17(14-20(25)27-4)16(12-18(19)23)11-10-15-8-6-5-7-9-15/h5-9,12-13H,14,23H2,1-4H3,(H,24,26). The molecule has 6 heteroatoms. The zero-order chi connectivity index (χ0) is 20.7. The van der Waals surface area contributed by atoms with Crippen molar-refractivity contribution in [1.82, 2.24) is 0 Å². The van der Waals surface area contributed by atoms with E-state index < -0.39 is 17.7 Å². The summed E-state index contributed by atoms with van der Waals surface area (Å²) in [6.07, 6.45) is -0.634. The molecule has 0 radical (unpaired) electrons. The number of carbonyl (C=O) groups excluding carboxylic acids is 2. The largest absolute Gasteiger partial charge is 0.469 e. The molecule has 0 aliphatic carbocycles. The van der Waals surface area contributed by atoms with E-state index in [4.69, 9.17) is 15.2 Å².